The normalized spacial score (nSPS) is 16.8. The van der Waals surface area contributed by atoms with Crippen LogP contribution in [0.3, 0.4) is 0 Å². The number of hydrogen-bond donors (Lipinski definition) is 2. The van der Waals surface area contributed by atoms with Gasteiger partial charge in [0.2, 0.25) is 0 Å². The minimum atomic E-state index is -0.803. The average Bonchev–Trinajstić information content (AvgIpc) is 2.76. The zero-order chi connectivity index (χ0) is 13.9. The van der Waals surface area contributed by atoms with Crippen molar-refractivity contribution in [2.75, 3.05) is 5.32 Å². The summed E-state index contributed by atoms with van der Waals surface area (Å²) in [5.74, 6) is -0.803. The van der Waals surface area contributed by atoms with E-state index in [0.717, 1.165) is 30.2 Å². The zero-order valence-corrected chi connectivity index (χ0v) is 12.0. The van der Waals surface area contributed by atoms with Gasteiger partial charge in [-0.3, -0.25) is 4.79 Å². The summed E-state index contributed by atoms with van der Waals surface area (Å²) in [6.07, 6.45) is 3.80. The summed E-state index contributed by atoms with van der Waals surface area (Å²) in [6, 6.07) is 7.63. The molecule has 5 heteroatoms. The lowest BCUT2D eigenvalue weighted by Crippen LogP contribution is -2.37. The van der Waals surface area contributed by atoms with Gasteiger partial charge in [-0.15, -0.1) is 0 Å². The van der Waals surface area contributed by atoms with E-state index in [1.807, 2.05) is 18.2 Å². The molecular formula is C14H15BrN2O2. The molecule has 0 heterocycles. The van der Waals surface area contributed by atoms with Crippen molar-refractivity contribution in [2.45, 2.75) is 37.6 Å². The maximum Gasteiger partial charge on any atom is 0.305 e. The summed E-state index contributed by atoms with van der Waals surface area (Å²) >= 11 is 3.35. The quantitative estimate of drug-likeness (QED) is 0.889. The van der Waals surface area contributed by atoms with Gasteiger partial charge in [-0.25, -0.2) is 0 Å². The Bertz CT molecular complexity index is 531. The van der Waals surface area contributed by atoms with Crippen molar-refractivity contribution in [1.29, 1.82) is 5.26 Å². The van der Waals surface area contributed by atoms with Gasteiger partial charge in [-0.05, 0) is 40.9 Å². The lowest BCUT2D eigenvalue weighted by molar-refractivity contribution is -0.138. The summed E-state index contributed by atoms with van der Waals surface area (Å²) in [5, 5.41) is 21.6. The van der Waals surface area contributed by atoms with Crippen LogP contribution >= 0.6 is 15.9 Å². The highest BCUT2D eigenvalue weighted by Gasteiger charge is 2.36. The SMILES string of the molecule is N#Cc1c(Br)cccc1NC1(CC(=O)O)CCCC1. The molecule has 1 aliphatic carbocycles. The van der Waals surface area contributed by atoms with Crippen molar-refractivity contribution in [3.05, 3.63) is 28.2 Å². The Morgan fingerprint density at radius 2 is 2.16 bits per heavy atom. The Morgan fingerprint density at radius 1 is 1.47 bits per heavy atom. The second kappa shape index (κ2) is 5.62. The number of carboxylic acid groups (broad SMARTS) is 1. The monoisotopic (exact) mass is 322 g/mol. The number of carboxylic acids is 1. The molecule has 1 aromatic carbocycles. The molecular weight excluding hydrogens is 308 g/mol. The Hall–Kier alpha value is -1.54. The van der Waals surface area contributed by atoms with Crippen molar-refractivity contribution >= 4 is 27.6 Å². The van der Waals surface area contributed by atoms with E-state index in [-0.39, 0.29) is 6.42 Å². The number of benzene rings is 1. The molecule has 0 bridgehead atoms. The number of anilines is 1. The molecule has 0 aliphatic heterocycles. The predicted octanol–water partition coefficient (Wildman–Crippen LogP) is 3.52. The number of nitrogens with one attached hydrogen (secondary N) is 1. The summed E-state index contributed by atoms with van der Waals surface area (Å²) in [6.45, 7) is 0. The summed E-state index contributed by atoms with van der Waals surface area (Å²) in [5.41, 5.74) is 0.817. The molecule has 2 rings (SSSR count). The smallest absolute Gasteiger partial charge is 0.305 e. The highest BCUT2D eigenvalue weighted by Crippen LogP contribution is 2.37. The third-order valence-electron chi connectivity index (χ3n) is 3.58. The van der Waals surface area contributed by atoms with Crippen LogP contribution in [0.25, 0.3) is 0 Å². The second-order valence-electron chi connectivity index (χ2n) is 4.96. The van der Waals surface area contributed by atoms with E-state index < -0.39 is 11.5 Å². The summed E-state index contributed by atoms with van der Waals surface area (Å²) in [4.78, 5) is 11.1. The van der Waals surface area contributed by atoms with E-state index in [0.29, 0.717) is 11.3 Å². The van der Waals surface area contributed by atoms with Crippen molar-refractivity contribution < 1.29 is 9.90 Å². The third kappa shape index (κ3) is 3.07. The number of hydrogen-bond acceptors (Lipinski definition) is 3. The Labute approximate surface area is 120 Å². The first-order chi connectivity index (χ1) is 9.06. The van der Waals surface area contributed by atoms with Gasteiger partial charge in [0, 0.05) is 10.0 Å². The number of nitrogens with zero attached hydrogens (tertiary/aromatic N) is 1. The molecule has 1 fully saturated rings. The van der Waals surface area contributed by atoms with Crippen LogP contribution in [-0.4, -0.2) is 16.6 Å². The average molecular weight is 323 g/mol. The lowest BCUT2D eigenvalue weighted by Gasteiger charge is -2.30. The van der Waals surface area contributed by atoms with Gasteiger partial charge in [0.05, 0.1) is 17.7 Å². The molecule has 1 aromatic rings. The first kappa shape index (κ1) is 13.9. The minimum Gasteiger partial charge on any atom is -0.481 e. The van der Waals surface area contributed by atoms with Gasteiger partial charge in [0.1, 0.15) is 6.07 Å². The van der Waals surface area contributed by atoms with Crippen LogP contribution in [0.2, 0.25) is 0 Å². The third-order valence-corrected chi connectivity index (χ3v) is 4.24. The Morgan fingerprint density at radius 3 is 2.74 bits per heavy atom. The van der Waals surface area contributed by atoms with E-state index in [1.54, 1.807) is 0 Å². The molecule has 0 radical (unpaired) electrons. The lowest BCUT2D eigenvalue weighted by atomic mass is 9.92. The van der Waals surface area contributed by atoms with Crippen molar-refractivity contribution in [3.8, 4) is 6.07 Å². The maximum absolute atomic E-state index is 11.1. The van der Waals surface area contributed by atoms with Crippen LogP contribution < -0.4 is 5.32 Å². The number of nitriles is 1. The fraction of sp³-hybridized carbons (Fsp3) is 0.429. The molecule has 0 spiro atoms. The van der Waals surface area contributed by atoms with E-state index in [2.05, 4.69) is 27.3 Å². The minimum absolute atomic E-state index is 0.0877. The van der Waals surface area contributed by atoms with Crippen molar-refractivity contribution in [2.24, 2.45) is 0 Å². The van der Waals surface area contributed by atoms with Crippen molar-refractivity contribution in [3.63, 3.8) is 0 Å². The molecule has 4 nitrogen and oxygen atoms in total. The van der Waals surface area contributed by atoms with Crippen LogP contribution in [0, 0.1) is 11.3 Å². The van der Waals surface area contributed by atoms with Gasteiger partial charge < -0.3 is 10.4 Å². The summed E-state index contributed by atoms with van der Waals surface area (Å²) < 4.78 is 0.725. The van der Waals surface area contributed by atoms with Crippen LogP contribution in [0.1, 0.15) is 37.7 Å². The number of carbonyl (C=O) groups is 1. The zero-order valence-electron chi connectivity index (χ0n) is 10.4. The fourth-order valence-electron chi connectivity index (χ4n) is 2.71. The van der Waals surface area contributed by atoms with E-state index in [4.69, 9.17) is 5.11 Å². The second-order valence-corrected chi connectivity index (χ2v) is 5.81. The van der Waals surface area contributed by atoms with Crippen molar-refractivity contribution in [1.82, 2.24) is 0 Å². The number of halogens is 1. The fourth-order valence-corrected chi connectivity index (χ4v) is 3.17. The Balaban J connectivity index is 2.30. The molecule has 100 valence electrons. The molecule has 0 aromatic heterocycles. The highest BCUT2D eigenvalue weighted by atomic mass is 79.9. The first-order valence-electron chi connectivity index (χ1n) is 6.25. The molecule has 0 atom stereocenters. The van der Waals surface area contributed by atoms with E-state index in [1.165, 1.54) is 0 Å². The predicted molar refractivity (Wildman–Crippen MR) is 75.9 cm³/mol. The summed E-state index contributed by atoms with van der Waals surface area (Å²) in [7, 11) is 0. The molecule has 1 saturated carbocycles. The van der Waals surface area contributed by atoms with Gasteiger partial charge in [-0.2, -0.15) is 5.26 Å². The van der Waals surface area contributed by atoms with E-state index in [9.17, 15) is 10.1 Å². The molecule has 1 aliphatic rings. The topological polar surface area (TPSA) is 73.1 Å². The van der Waals surface area contributed by atoms with Gasteiger partial charge in [0.25, 0.3) is 0 Å². The van der Waals surface area contributed by atoms with E-state index >= 15 is 0 Å². The molecule has 2 N–H and O–H groups in total. The van der Waals surface area contributed by atoms with Crippen LogP contribution in [0.4, 0.5) is 5.69 Å². The first-order valence-corrected chi connectivity index (χ1v) is 7.04. The van der Waals surface area contributed by atoms with Crippen LogP contribution in [0.15, 0.2) is 22.7 Å². The molecule has 0 unspecified atom stereocenters. The van der Waals surface area contributed by atoms with Crippen LogP contribution in [-0.2, 0) is 4.79 Å². The van der Waals surface area contributed by atoms with Crippen LogP contribution in [0.5, 0.6) is 0 Å². The standard InChI is InChI=1S/C14H15BrN2O2/c15-11-4-3-5-12(10(11)9-16)17-14(8-13(18)19)6-1-2-7-14/h3-5,17H,1-2,6-8H2,(H,18,19). The maximum atomic E-state index is 11.1. The molecule has 0 amide bonds. The van der Waals surface area contributed by atoms with Gasteiger partial charge in [0.15, 0.2) is 0 Å². The number of rotatable bonds is 4. The Kier molecular flexibility index (Phi) is 4.11. The number of aliphatic carboxylic acids is 1. The molecule has 0 saturated heterocycles. The molecule has 19 heavy (non-hydrogen) atoms. The van der Waals surface area contributed by atoms with Gasteiger partial charge >= 0.3 is 5.97 Å². The van der Waals surface area contributed by atoms with Gasteiger partial charge in [-0.1, -0.05) is 18.9 Å². The highest BCUT2D eigenvalue weighted by molar-refractivity contribution is 9.10. The largest absolute Gasteiger partial charge is 0.481 e.